The second-order valence-corrected chi connectivity index (χ2v) is 6.91. The lowest BCUT2D eigenvalue weighted by Gasteiger charge is -2.14. The molecule has 4 aromatic rings. The number of thiophene rings is 1. The van der Waals surface area contributed by atoms with Gasteiger partial charge >= 0.3 is 5.97 Å². The first kappa shape index (κ1) is 14.9. The number of rotatable bonds is 2. The van der Waals surface area contributed by atoms with E-state index >= 15 is 0 Å². The Labute approximate surface area is 144 Å². The maximum Gasteiger partial charge on any atom is 0.308 e. The Morgan fingerprint density at radius 2 is 1.67 bits per heavy atom. The van der Waals surface area contributed by atoms with Crippen LogP contribution in [-0.4, -0.2) is 5.97 Å². The molecule has 3 heteroatoms. The summed E-state index contributed by atoms with van der Waals surface area (Å²) in [4.78, 5) is 11.8. The fourth-order valence-electron chi connectivity index (χ4n) is 3.18. The molecule has 0 radical (unpaired) electrons. The molecule has 0 aliphatic heterocycles. The van der Waals surface area contributed by atoms with E-state index in [0.29, 0.717) is 5.75 Å². The van der Waals surface area contributed by atoms with Crippen molar-refractivity contribution >= 4 is 37.5 Å². The van der Waals surface area contributed by atoms with E-state index in [1.165, 1.54) is 11.6 Å². The van der Waals surface area contributed by atoms with Gasteiger partial charge in [-0.15, -0.1) is 11.3 Å². The van der Waals surface area contributed by atoms with Gasteiger partial charge in [-0.3, -0.25) is 4.79 Å². The van der Waals surface area contributed by atoms with Crippen LogP contribution >= 0.6 is 11.3 Å². The minimum Gasteiger partial charge on any atom is -0.425 e. The summed E-state index contributed by atoms with van der Waals surface area (Å²) in [6.07, 6.45) is 0. The molecular weight excluding hydrogens is 316 g/mol. The zero-order valence-electron chi connectivity index (χ0n) is 13.5. The van der Waals surface area contributed by atoms with Crippen molar-refractivity contribution in [2.24, 2.45) is 0 Å². The van der Waals surface area contributed by atoms with E-state index < -0.39 is 0 Å². The Bertz CT molecular complexity index is 1060. The number of esters is 1. The molecule has 0 aliphatic carbocycles. The molecule has 0 saturated carbocycles. The van der Waals surface area contributed by atoms with Crippen LogP contribution in [0, 0.1) is 6.92 Å². The molecule has 0 aliphatic rings. The van der Waals surface area contributed by atoms with Gasteiger partial charge in [0.2, 0.25) is 0 Å². The van der Waals surface area contributed by atoms with Crippen LogP contribution in [0.4, 0.5) is 0 Å². The predicted molar refractivity (Wildman–Crippen MR) is 101 cm³/mol. The van der Waals surface area contributed by atoms with Crippen LogP contribution in [0.3, 0.4) is 0 Å². The molecular formula is C21H16O2S. The molecule has 118 valence electrons. The number of benzene rings is 3. The molecule has 24 heavy (non-hydrogen) atoms. The van der Waals surface area contributed by atoms with Gasteiger partial charge in [-0.25, -0.2) is 0 Å². The maximum atomic E-state index is 11.8. The lowest BCUT2D eigenvalue weighted by atomic mass is 9.96. The van der Waals surface area contributed by atoms with E-state index in [0.717, 1.165) is 32.2 Å². The summed E-state index contributed by atoms with van der Waals surface area (Å²) in [6.45, 7) is 3.52. The van der Waals surface area contributed by atoms with Crippen molar-refractivity contribution in [2.75, 3.05) is 0 Å². The van der Waals surface area contributed by atoms with Crippen molar-refractivity contribution in [3.8, 4) is 16.9 Å². The van der Waals surface area contributed by atoms with E-state index in [1.807, 2.05) is 30.3 Å². The van der Waals surface area contributed by atoms with Crippen LogP contribution < -0.4 is 4.74 Å². The van der Waals surface area contributed by atoms with Gasteiger partial charge in [0.1, 0.15) is 5.75 Å². The fourth-order valence-corrected chi connectivity index (χ4v) is 4.39. The van der Waals surface area contributed by atoms with Crippen LogP contribution in [0.5, 0.6) is 5.75 Å². The highest BCUT2D eigenvalue weighted by Gasteiger charge is 2.19. The summed E-state index contributed by atoms with van der Waals surface area (Å²) < 4.78 is 8.07. The first-order valence-corrected chi connectivity index (χ1v) is 8.65. The zero-order valence-corrected chi connectivity index (χ0v) is 14.3. The Kier molecular flexibility index (Phi) is 3.58. The first-order valence-electron chi connectivity index (χ1n) is 7.84. The second-order valence-electron chi connectivity index (χ2n) is 5.83. The lowest BCUT2D eigenvalue weighted by molar-refractivity contribution is -0.131. The molecule has 1 heterocycles. The predicted octanol–water partition coefficient (Wildman–Crippen LogP) is 5.96. The van der Waals surface area contributed by atoms with Crippen molar-refractivity contribution in [1.82, 2.24) is 0 Å². The maximum absolute atomic E-state index is 11.8. The quantitative estimate of drug-likeness (QED) is 0.335. The summed E-state index contributed by atoms with van der Waals surface area (Å²) in [5.41, 5.74) is 3.15. The third-order valence-electron chi connectivity index (χ3n) is 4.13. The largest absolute Gasteiger partial charge is 0.425 e. The van der Waals surface area contributed by atoms with Crippen LogP contribution in [0.15, 0.2) is 60.7 Å². The summed E-state index contributed by atoms with van der Waals surface area (Å²) in [5.74, 6) is 0.371. The number of aryl methyl sites for hydroxylation is 1. The number of carbonyl (C=O) groups excluding carboxylic acids is 1. The molecule has 0 N–H and O–H groups in total. The molecule has 3 aromatic carbocycles. The van der Waals surface area contributed by atoms with Crippen LogP contribution in [0.2, 0.25) is 0 Å². The molecule has 0 bridgehead atoms. The van der Waals surface area contributed by atoms with Crippen molar-refractivity contribution in [1.29, 1.82) is 0 Å². The third kappa shape index (κ3) is 2.38. The lowest BCUT2D eigenvalue weighted by Crippen LogP contribution is -2.04. The normalized spacial score (nSPS) is 11.1. The Balaban J connectivity index is 2.16. The molecule has 0 amide bonds. The van der Waals surface area contributed by atoms with Crippen molar-refractivity contribution in [2.45, 2.75) is 13.8 Å². The zero-order chi connectivity index (χ0) is 16.7. The van der Waals surface area contributed by atoms with Crippen molar-refractivity contribution in [3.63, 3.8) is 0 Å². The minimum atomic E-state index is -0.297. The number of fused-ring (bicyclic) bond motifs is 3. The van der Waals surface area contributed by atoms with Crippen LogP contribution in [0.25, 0.3) is 31.3 Å². The van der Waals surface area contributed by atoms with Gasteiger partial charge in [0.25, 0.3) is 0 Å². The summed E-state index contributed by atoms with van der Waals surface area (Å²) in [6, 6.07) is 20.5. The first-order chi connectivity index (χ1) is 11.6. The third-order valence-corrected chi connectivity index (χ3v) is 5.24. The molecule has 0 spiro atoms. The summed E-state index contributed by atoms with van der Waals surface area (Å²) in [5, 5.41) is 2.15. The number of hydrogen-bond acceptors (Lipinski definition) is 3. The molecule has 0 atom stereocenters. The average molecular weight is 332 g/mol. The van der Waals surface area contributed by atoms with Crippen LogP contribution in [-0.2, 0) is 4.79 Å². The monoisotopic (exact) mass is 332 g/mol. The Morgan fingerprint density at radius 1 is 0.958 bits per heavy atom. The highest BCUT2D eigenvalue weighted by Crippen LogP contribution is 2.46. The minimum absolute atomic E-state index is 0.297. The van der Waals surface area contributed by atoms with E-state index in [-0.39, 0.29) is 5.97 Å². The van der Waals surface area contributed by atoms with E-state index in [4.69, 9.17) is 4.74 Å². The van der Waals surface area contributed by atoms with Gasteiger partial charge in [-0.05, 0) is 30.2 Å². The molecule has 2 nitrogen and oxygen atoms in total. The topological polar surface area (TPSA) is 26.3 Å². The fraction of sp³-hybridized carbons (Fsp3) is 0.0952. The molecule has 0 saturated heterocycles. The second kappa shape index (κ2) is 5.77. The van der Waals surface area contributed by atoms with Crippen molar-refractivity contribution < 1.29 is 9.53 Å². The SMILES string of the molecule is CC(=O)Oc1c(-c2ccccc2)c(C)cc2sc3ccccc3c12. The van der Waals surface area contributed by atoms with Crippen LogP contribution in [0.1, 0.15) is 12.5 Å². The van der Waals surface area contributed by atoms with E-state index in [1.54, 1.807) is 11.3 Å². The van der Waals surface area contributed by atoms with Gasteiger partial charge in [0.05, 0.1) is 0 Å². The highest BCUT2D eigenvalue weighted by molar-refractivity contribution is 7.25. The number of ether oxygens (including phenoxy) is 1. The van der Waals surface area contributed by atoms with Gasteiger partial charge in [-0.2, -0.15) is 0 Å². The molecule has 4 rings (SSSR count). The molecule has 1 aromatic heterocycles. The van der Waals surface area contributed by atoms with Gasteiger partial charge < -0.3 is 4.74 Å². The smallest absolute Gasteiger partial charge is 0.308 e. The highest BCUT2D eigenvalue weighted by atomic mass is 32.1. The summed E-state index contributed by atoms with van der Waals surface area (Å²) in [7, 11) is 0. The number of hydrogen-bond donors (Lipinski definition) is 0. The van der Waals surface area contributed by atoms with Gasteiger partial charge in [0.15, 0.2) is 0 Å². The molecule has 0 fully saturated rings. The van der Waals surface area contributed by atoms with E-state index in [2.05, 4.69) is 37.3 Å². The standard InChI is InChI=1S/C21H16O2S/c1-13-12-18-20(16-10-6-7-11-17(16)24-18)21(23-14(2)22)19(13)15-8-4-3-5-9-15/h3-12H,1-2H3. The molecule has 0 unspecified atom stereocenters. The van der Waals surface area contributed by atoms with Gasteiger partial charge in [0, 0.05) is 32.7 Å². The summed E-state index contributed by atoms with van der Waals surface area (Å²) >= 11 is 1.73. The number of carbonyl (C=O) groups is 1. The van der Waals surface area contributed by atoms with Crippen molar-refractivity contribution in [3.05, 3.63) is 66.2 Å². The van der Waals surface area contributed by atoms with Gasteiger partial charge in [-0.1, -0.05) is 48.5 Å². The Hall–Kier alpha value is -2.65. The Morgan fingerprint density at radius 3 is 2.42 bits per heavy atom. The average Bonchev–Trinajstić information content (AvgIpc) is 2.93. The van der Waals surface area contributed by atoms with E-state index in [9.17, 15) is 4.79 Å².